The molecule has 2 aromatic heterocycles. The summed E-state index contributed by atoms with van der Waals surface area (Å²) in [6.07, 6.45) is -0.260. The van der Waals surface area contributed by atoms with Crippen molar-refractivity contribution in [2.75, 3.05) is 0 Å². The number of ether oxygens (including phenoxy) is 1. The van der Waals surface area contributed by atoms with Crippen molar-refractivity contribution in [1.29, 1.82) is 0 Å². The summed E-state index contributed by atoms with van der Waals surface area (Å²) in [5.74, 6) is 0.496. The summed E-state index contributed by atoms with van der Waals surface area (Å²) in [5, 5.41) is 13.0. The van der Waals surface area contributed by atoms with Crippen molar-refractivity contribution in [2.45, 2.75) is 66.2 Å². The van der Waals surface area contributed by atoms with Crippen molar-refractivity contribution < 1.29 is 14.3 Å². The van der Waals surface area contributed by atoms with E-state index in [2.05, 4.69) is 29.4 Å². The van der Waals surface area contributed by atoms with Crippen LogP contribution in [0.4, 0.5) is 0 Å². The van der Waals surface area contributed by atoms with Gasteiger partial charge in [0.1, 0.15) is 22.9 Å². The number of carbonyl (C=O) groups is 2. The Kier molecular flexibility index (Phi) is 7.10. The molecule has 0 unspecified atom stereocenters. The first kappa shape index (κ1) is 25.1. The number of carbonyl (C=O) groups excluding carboxylic acids is 2. The molecule has 3 aromatic rings. The van der Waals surface area contributed by atoms with Gasteiger partial charge in [-0.1, -0.05) is 23.7 Å². The lowest BCUT2D eigenvalue weighted by Crippen LogP contribution is -2.40. The maximum absolute atomic E-state index is 13.0. The standard InChI is InChI=1S/C25H28ClN5O3S/c1-12(2)34-25(33)14(4)27-20(32)11-19-23-30-29-16(6)31(23)24-21(13(3)15(5)35-24)22(28-19)17-7-9-18(26)10-8-17/h7-10,12,14,19H,11H2,1-6H3,(H,27,32)/t14-,19-/m0/s1. The number of halogens is 1. The summed E-state index contributed by atoms with van der Waals surface area (Å²) < 4.78 is 7.19. The van der Waals surface area contributed by atoms with Crippen molar-refractivity contribution in [3.63, 3.8) is 0 Å². The zero-order valence-corrected chi connectivity index (χ0v) is 22.1. The first-order chi connectivity index (χ1) is 16.6. The molecule has 0 aliphatic carbocycles. The van der Waals surface area contributed by atoms with Gasteiger partial charge in [-0.15, -0.1) is 21.5 Å². The molecule has 0 bridgehead atoms. The van der Waals surface area contributed by atoms with E-state index in [1.165, 1.54) is 4.88 Å². The Morgan fingerprint density at radius 1 is 1.14 bits per heavy atom. The van der Waals surface area contributed by atoms with Crippen molar-refractivity contribution in [3.05, 3.63) is 62.5 Å². The summed E-state index contributed by atoms with van der Waals surface area (Å²) in [5.41, 5.74) is 3.78. The topological polar surface area (TPSA) is 98.5 Å². The second kappa shape index (κ2) is 9.91. The molecule has 1 aliphatic rings. The van der Waals surface area contributed by atoms with Crippen molar-refractivity contribution in [1.82, 2.24) is 20.1 Å². The fourth-order valence-corrected chi connectivity index (χ4v) is 5.34. The summed E-state index contributed by atoms with van der Waals surface area (Å²) in [4.78, 5) is 31.4. The number of nitrogens with one attached hydrogen (secondary N) is 1. The van der Waals surface area contributed by atoms with Gasteiger partial charge < -0.3 is 10.1 Å². The van der Waals surface area contributed by atoms with E-state index in [9.17, 15) is 9.59 Å². The minimum absolute atomic E-state index is 0.00148. The largest absolute Gasteiger partial charge is 0.461 e. The van der Waals surface area contributed by atoms with Gasteiger partial charge in [0.05, 0.1) is 18.2 Å². The molecule has 0 fully saturated rings. The highest BCUT2D eigenvalue weighted by molar-refractivity contribution is 7.15. The van der Waals surface area contributed by atoms with Gasteiger partial charge in [-0.25, -0.2) is 4.79 Å². The Hall–Kier alpha value is -3.04. The molecule has 1 N–H and O–H groups in total. The number of amides is 1. The highest BCUT2D eigenvalue weighted by Gasteiger charge is 2.33. The highest BCUT2D eigenvalue weighted by atomic mass is 35.5. The van der Waals surface area contributed by atoms with E-state index < -0.39 is 18.1 Å². The molecule has 1 aromatic carbocycles. The lowest BCUT2D eigenvalue weighted by molar-refractivity contribution is -0.150. The highest BCUT2D eigenvalue weighted by Crippen LogP contribution is 2.39. The van der Waals surface area contributed by atoms with Crippen LogP contribution >= 0.6 is 22.9 Å². The second-order valence-electron chi connectivity index (χ2n) is 8.88. The maximum atomic E-state index is 13.0. The van der Waals surface area contributed by atoms with Crippen LogP contribution in [0.15, 0.2) is 29.3 Å². The maximum Gasteiger partial charge on any atom is 0.328 e. The number of rotatable bonds is 6. The summed E-state index contributed by atoms with van der Waals surface area (Å²) >= 11 is 7.80. The number of thiophene rings is 1. The van der Waals surface area contributed by atoms with Gasteiger partial charge in [0.15, 0.2) is 5.82 Å². The predicted octanol–water partition coefficient (Wildman–Crippen LogP) is 4.65. The van der Waals surface area contributed by atoms with Gasteiger partial charge in [0.25, 0.3) is 0 Å². The van der Waals surface area contributed by atoms with E-state index in [4.69, 9.17) is 21.3 Å². The minimum atomic E-state index is -0.776. The van der Waals surface area contributed by atoms with Gasteiger partial charge >= 0.3 is 5.97 Å². The smallest absolute Gasteiger partial charge is 0.328 e. The number of aliphatic imine (C=N–C) groups is 1. The zero-order chi connectivity index (χ0) is 25.4. The molecular formula is C25H28ClN5O3S. The van der Waals surface area contributed by atoms with Gasteiger partial charge in [0, 0.05) is 21.0 Å². The van der Waals surface area contributed by atoms with Crippen LogP contribution in [0.2, 0.25) is 5.02 Å². The molecule has 184 valence electrons. The number of hydrogen-bond acceptors (Lipinski definition) is 7. The van der Waals surface area contributed by atoms with E-state index in [-0.39, 0.29) is 18.4 Å². The Balaban J connectivity index is 1.76. The van der Waals surface area contributed by atoms with E-state index >= 15 is 0 Å². The number of hydrogen-bond donors (Lipinski definition) is 1. The molecule has 8 nitrogen and oxygen atoms in total. The van der Waals surface area contributed by atoms with Crippen LogP contribution in [0.25, 0.3) is 5.00 Å². The van der Waals surface area contributed by atoms with Crippen LogP contribution < -0.4 is 5.32 Å². The van der Waals surface area contributed by atoms with E-state index in [1.54, 1.807) is 32.1 Å². The number of aromatic nitrogens is 3. The summed E-state index contributed by atoms with van der Waals surface area (Å²) in [7, 11) is 0. The van der Waals surface area contributed by atoms with E-state index in [1.807, 2.05) is 35.8 Å². The molecule has 1 aliphatic heterocycles. The quantitative estimate of drug-likeness (QED) is 0.484. The summed E-state index contributed by atoms with van der Waals surface area (Å²) in [6.45, 7) is 11.2. The molecular weight excluding hydrogens is 486 g/mol. The average Bonchev–Trinajstić information content (AvgIpc) is 3.26. The molecule has 1 amide bonds. The molecule has 3 heterocycles. The van der Waals surface area contributed by atoms with Gasteiger partial charge in [-0.05, 0) is 59.2 Å². The number of fused-ring (bicyclic) bond motifs is 3. The van der Waals surface area contributed by atoms with Crippen molar-refractivity contribution in [3.8, 4) is 5.00 Å². The van der Waals surface area contributed by atoms with Crippen molar-refractivity contribution >= 4 is 40.5 Å². The molecule has 35 heavy (non-hydrogen) atoms. The fraction of sp³-hybridized carbons (Fsp3) is 0.400. The average molecular weight is 514 g/mol. The Labute approximate surface area is 213 Å². The predicted molar refractivity (Wildman–Crippen MR) is 137 cm³/mol. The normalized spacial score (nSPS) is 15.7. The van der Waals surface area contributed by atoms with Crippen LogP contribution in [0.5, 0.6) is 0 Å². The SMILES string of the molecule is Cc1sc2c(c1C)C(c1ccc(Cl)cc1)=N[C@@H](CC(=O)N[C@@H](C)C(=O)OC(C)C)c1nnc(C)n1-2. The monoisotopic (exact) mass is 513 g/mol. The molecule has 0 saturated heterocycles. The van der Waals surface area contributed by atoms with Crippen LogP contribution in [-0.4, -0.2) is 44.5 Å². The number of aryl methyl sites for hydroxylation is 2. The van der Waals surface area contributed by atoms with Crippen LogP contribution in [0.3, 0.4) is 0 Å². The number of esters is 1. The Morgan fingerprint density at radius 3 is 2.49 bits per heavy atom. The van der Waals surface area contributed by atoms with Crippen LogP contribution in [0, 0.1) is 20.8 Å². The number of nitrogens with zero attached hydrogens (tertiary/aromatic N) is 4. The molecule has 4 rings (SSSR count). The molecule has 0 spiro atoms. The molecule has 0 saturated carbocycles. The third-order valence-electron chi connectivity index (χ3n) is 5.82. The van der Waals surface area contributed by atoms with E-state index in [0.29, 0.717) is 16.7 Å². The minimum Gasteiger partial charge on any atom is -0.461 e. The van der Waals surface area contributed by atoms with Gasteiger partial charge in [-0.2, -0.15) is 0 Å². The number of benzene rings is 1. The second-order valence-corrected chi connectivity index (χ2v) is 10.5. The van der Waals surface area contributed by atoms with Gasteiger partial charge in [0.2, 0.25) is 5.91 Å². The lowest BCUT2D eigenvalue weighted by atomic mass is 9.99. The lowest BCUT2D eigenvalue weighted by Gasteiger charge is -2.17. The van der Waals surface area contributed by atoms with Gasteiger partial charge in [-0.3, -0.25) is 14.4 Å². The molecule has 10 heteroatoms. The summed E-state index contributed by atoms with van der Waals surface area (Å²) in [6, 6.07) is 6.13. The zero-order valence-electron chi connectivity index (χ0n) is 20.5. The van der Waals surface area contributed by atoms with Crippen LogP contribution in [0.1, 0.15) is 66.5 Å². The third kappa shape index (κ3) is 5.01. The van der Waals surface area contributed by atoms with E-state index in [0.717, 1.165) is 27.4 Å². The molecule has 2 atom stereocenters. The fourth-order valence-electron chi connectivity index (χ4n) is 4.00. The third-order valence-corrected chi connectivity index (χ3v) is 7.26. The van der Waals surface area contributed by atoms with Crippen LogP contribution in [-0.2, 0) is 14.3 Å². The first-order valence-electron chi connectivity index (χ1n) is 11.4. The Bertz CT molecular complexity index is 1310. The first-order valence-corrected chi connectivity index (χ1v) is 12.6. The Morgan fingerprint density at radius 2 is 1.83 bits per heavy atom. The van der Waals surface area contributed by atoms with Crippen molar-refractivity contribution in [2.24, 2.45) is 4.99 Å². The molecule has 0 radical (unpaired) electrons.